The Kier molecular flexibility index (Phi) is 15.0. The first-order valence-electron chi connectivity index (χ1n) is 13.4. The average Bonchev–Trinajstić information content (AvgIpc) is 2.84. The molecule has 0 amide bonds. The molecule has 0 aromatic heterocycles. The number of rotatable bonds is 14. The predicted octanol–water partition coefficient (Wildman–Crippen LogP) is 9.55. The molecule has 0 heterocycles. The van der Waals surface area contributed by atoms with Crippen molar-refractivity contribution in [2.45, 2.75) is 112 Å². The molecule has 2 aromatic carbocycles. The summed E-state index contributed by atoms with van der Waals surface area (Å²) in [7, 11) is 0. The summed E-state index contributed by atoms with van der Waals surface area (Å²) in [6.07, 6.45) is 13.0. The zero-order valence-electron chi connectivity index (χ0n) is 22.5. The van der Waals surface area contributed by atoms with Gasteiger partial charge >= 0.3 is 0 Å². The maximum Gasteiger partial charge on any atom is 0.0636 e. The summed E-state index contributed by atoms with van der Waals surface area (Å²) in [4.78, 5) is 10.2. The molecule has 0 spiro atoms. The summed E-state index contributed by atoms with van der Waals surface area (Å²) in [5.74, 6) is 0. The first-order chi connectivity index (χ1) is 16.1. The number of nitrogens with zero attached hydrogens (tertiary/aromatic N) is 2. The fourth-order valence-electron chi connectivity index (χ4n) is 4.52. The molecule has 0 aliphatic rings. The molecule has 0 unspecified atom stereocenters. The van der Waals surface area contributed by atoms with Crippen LogP contribution in [0.25, 0.3) is 0 Å². The Hall–Kier alpha value is -1.73. The van der Waals surface area contributed by atoms with Crippen LogP contribution in [-0.4, -0.2) is 11.4 Å². The van der Waals surface area contributed by atoms with E-state index in [4.69, 9.17) is 9.98 Å². The molecule has 2 nitrogen and oxygen atoms in total. The number of hydrogen-bond acceptors (Lipinski definition) is 2. The van der Waals surface area contributed by atoms with Crippen molar-refractivity contribution >= 4 is 22.8 Å². The van der Waals surface area contributed by atoms with Crippen molar-refractivity contribution in [1.29, 1.82) is 0 Å². The van der Waals surface area contributed by atoms with Gasteiger partial charge < -0.3 is 0 Å². The molecular formula is C31H46N2Ni. The van der Waals surface area contributed by atoms with Crippen LogP contribution in [0, 0.1) is 0 Å². The van der Waals surface area contributed by atoms with Crippen LogP contribution in [-0.2, 0) is 42.2 Å². The van der Waals surface area contributed by atoms with Crippen LogP contribution >= 0.6 is 0 Å². The standard InChI is InChI=1S/C31H46N2.Ni/c1-7-12-13-14-15-16-17-31(33-30-21-19-26(9-3)28(11-5)23-30)24(6)32-29-20-18-25(8-2)27(10-4)22-29;/h18-23H,7-17H2,1-6H3;/b32-24+,33-31+;. The Labute approximate surface area is 219 Å². The largest absolute Gasteiger partial charge is 0.252 e. The number of aliphatic imine (C=N–C) groups is 2. The van der Waals surface area contributed by atoms with Gasteiger partial charge in [-0.2, -0.15) is 0 Å². The van der Waals surface area contributed by atoms with Crippen LogP contribution in [0.5, 0.6) is 0 Å². The van der Waals surface area contributed by atoms with Gasteiger partial charge in [0, 0.05) is 16.5 Å². The van der Waals surface area contributed by atoms with Crippen molar-refractivity contribution in [1.82, 2.24) is 0 Å². The van der Waals surface area contributed by atoms with Crippen molar-refractivity contribution in [3.63, 3.8) is 0 Å². The van der Waals surface area contributed by atoms with Crippen LogP contribution in [0.3, 0.4) is 0 Å². The van der Waals surface area contributed by atoms with Gasteiger partial charge in [0.1, 0.15) is 0 Å². The molecule has 0 atom stereocenters. The minimum Gasteiger partial charge on any atom is -0.252 e. The average molecular weight is 505 g/mol. The molecule has 0 saturated heterocycles. The summed E-state index contributed by atoms with van der Waals surface area (Å²) >= 11 is 0. The summed E-state index contributed by atoms with van der Waals surface area (Å²) < 4.78 is 0. The minimum atomic E-state index is 0. The van der Waals surface area contributed by atoms with Crippen LogP contribution < -0.4 is 0 Å². The molecule has 0 fully saturated rings. The van der Waals surface area contributed by atoms with Gasteiger partial charge in [0.15, 0.2) is 0 Å². The van der Waals surface area contributed by atoms with Gasteiger partial charge in [0.05, 0.1) is 22.8 Å². The van der Waals surface area contributed by atoms with Crippen molar-refractivity contribution in [3.8, 4) is 0 Å². The van der Waals surface area contributed by atoms with Crippen molar-refractivity contribution in [3.05, 3.63) is 58.7 Å². The van der Waals surface area contributed by atoms with E-state index >= 15 is 0 Å². The Morgan fingerprint density at radius 3 is 1.56 bits per heavy atom. The zero-order chi connectivity index (χ0) is 24.1. The van der Waals surface area contributed by atoms with Crippen molar-refractivity contribution in [2.75, 3.05) is 0 Å². The molecule has 0 aliphatic carbocycles. The first kappa shape index (κ1) is 30.3. The van der Waals surface area contributed by atoms with Crippen molar-refractivity contribution < 1.29 is 16.5 Å². The second-order valence-electron chi connectivity index (χ2n) is 9.09. The van der Waals surface area contributed by atoms with Gasteiger partial charge in [-0.1, -0.05) is 78.9 Å². The molecule has 0 N–H and O–H groups in total. The number of benzene rings is 2. The maximum atomic E-state index is 5.13. The monoisotopic (exact) mass is 504 g/mol. The predicted molar refractivity (Wildman–Crippen MR) is 148 cm³/mol. The molecule has 3 heteroatoms. The van der Waals surface area contributed by atoms with Crippen LogP contribution in [0.4, 0.5) is 11.4 Å². The Bertz CT molecular complexity index is 927. The van der Waals surface area contributed by atoms with E-state index < -0.39 is 0 Å². The van der Waals surface area contributed by atoms with Gasteiger partial charge in [-0.3, -0.25) is 9.98 Å². The van der Waals surface area contributed by atoms with E-state index in [-0.39, 0.29) is 16.5 Å². The summed E-state index contributed by atoms with van der Waals surface area (Å²) in [5.41, 5.74) is 9.98. The second kappa shape index (κ2) is 16.8. The quantitative estimate of drug-likeness (QED) is 0.139. The molecule has 2 rings (SSSR count). The fraction of sp³-hybridized carbons (Fsp3) is 0.548. The van der Waals surface area contributed by atoms with E-state index in [0.717, 1.165) is 54.9 Å². The Morgan fingerprint density at radius 1 is 0.588 bits per heavy atom. The molecule has 0 bridgehead atoms. The zero-order valence-corrected chi connectivity index (χ0v) is 23.4. The van der Waals surface area contributed by atoms with E-state index in [9.17, 15) is 0 Å². The van der Waals surface area contributed by atoms with Gasteiger partial charge in [0.25, 0.3) is 0 Å². The normalized spacial score (nSPS) is 12.1. The molecule has 34 heavy (non-hydrogen) atoms. The van der Waals surface area contributed by atoms with E-state index in [1.165, 1.54) is 60.8 Å². The number of hydrogen-bond donors (Lipinski definition) is 0. The third kappa shape index (κ3) is 9.49. The molecule has 0 saturated carbocycles. The van der Waals surface area contributed by atoms with Gasteiger partial charge in [-0.05, 0) is 92.0 Å². The summed E-state index contributed by atoms with van der Waals surface area (Å²) in [6.45, 7) is 13.3. The Morgan fingerprint density at radius 2 is 1.06 bits per heavy atom. The first-order valence-corrected chi connectivity index (χ1v) is 13.4. The maximum absolute atomic E-state index is 5.13. The number of unbranched alkanes of at least 4 members (excludes halogenated alkanes) is 5. The van der Waals surface area contributed by atoms with Gasteiger partial charge in [-0.15, -0.1) is 0 Å². The third-order valence-corrected chi connectivity index (χ3v) is 6.65. The minimum absolute atomic E-state index is 0. The third-order valence-electron chi connectivity index (χ3n) is 6.65. The molecule has 0 radical (unpaired) electrons. The Balaban J connectivity index is 0.00000578. The summed E-state index contributed by atoms with van der Waals surface area (Å²) in [5, 5.41) is 0. The number of aryl methyl sites for hydroxylation is 4. The van der Waals surface area contributed by atoms with E-state index in [2.05, 4.69) is 77.9 Å². The van der Waals surface area contributed by atoms with Crippen LogP contribution in [0.1, 0.15) is 109 Å². The van der Waals surface area contributed by atoms with Crippen molar-refractivity contribution in [2.24, 2.45) is 9.98 Å². The van der Waals surface area contributed by atoms with Crippen LogP contribution in [0.15, 0.2) is 46.4 Å². The molecule has 190 valence electrons. The SMILES string of the molecule is CCCCCCCCC(=N\c1ccc(CC)c(CC)c1)/C(C)=N/c1ccc(CC)c(CC)c1.[Ni]. The topological polar surface area (TPSA) is 24.7 Å². The van der Waals surface area contributed by atoms with E-state index in [1.807, 2.05) is 0 Å². The fourth-order valence-corrected chi connectivity index (χ4v) is 4.52. The smallest absolute Gasteiger partial charge is 0.0636 e. The molecule has 0 aliphatic heterocycles. The van der Waals surface area contributed by atoms with E-state index in [0.29, 0.717) is 0 Å². The van der Waals surface area contributed by atoms with Crippen LogP contribution in [0.2, 0.25) is 0 Å². The molecular weight excluding hydrogens is 459 g/mol. The van der Waals surface area contributed by atoms with Gasteiger partial charge in [-0.25, -0.2) is 0 Å². The molecule has 2 aromatic rings. The second-order valence-corrected chi connectivity index (χ2v) is 9.09. The van der Waals surface area contributed by atoms with E-state index in [1.54, 1.807) is 0 Å². The summed E-state index contributed by atoms with van der Waals surface area (Å²) in [6, 6.07) is 13.4. The van der Waals surface area contributed by atoms with Gasteiger partial charge in [0.2, 0.25) is 0 Å².